The van der Waals surface area contributed by atoms with Gasteiger partial charge in [-0.3, -0.25) is 0 Å². The Kier molecular flexibility index (Phi) is 6.29. The van der Waals surface area contributed by atoms with Crippen LogP contribution in [-0.2, 0) is 11.2 Å². The first-order valence-electron chi connectivity index (χ1n) is 11.7. The second-order valence-corrected chi connectivity index (χ2v) is 9.92. The summed E-state index contributed by atoms with van der Waals surface area (Å²) in [5.41, 5.74) is 12.2. The van der Waals surface area contributed by atoms with Crippen molar-refractivity contribution in [2.75, 3.05) is 36.9 Å². The van der Waals surface area contributed by atoms with Crippen molar-refractivity contribution in [1.82, 2.24) is 9.97 Å². The number of aryl methyl sites for hydroxylation is 1. The first kappa shape index (κ1) is 21.9. The molecule has 0 bridgehead atoms. The summed E-state index contributed by atoms with van der Waals surface area (Å²) in [6.07, 6.45) is 2.06. The van der Waals surface area contributed by atoms with Crippen molar-refractivity contribution in [1.29, 1.82) is 0 Å². The number of ether oxygens (including phenoxy) is 1. The van der Waals surface area contributed by atoms with Gasteiger partial charge >= 0.3 is 0 Å². The zero-order valence-electron chi connectivity index (χ0n) is 19.3. The third kappa shape index (κ3) is 4.59. The minimum Gasteiger partial charge on any atom is -0.383 e. The maximum atomic E-state index is 6.60. The molecule has 33 heavy (non-hydrogen) atoms. The number of benzene rings is 2. The number of hydrogen-bond acceptors (Lipinski definition) is 6. The molecule has 5 nitrogen and oxygen atoms in total. The molecule has 1 aliphatic rings. The lowest BCUT2D eigenvalue weighted by molar-refractivity contribution is 0.122. The van der Waals surface area contributed by atoms with Gasteiger partial charge in [-0.25, -0.2) is 9.97 Å². The Balaban J connectivity index is 1.54. The minimum atomic E-state index is 0.560. The van der Waals surface area contributed by atoms with Gasteiger partial charge < -0.3 is 15.4 Å². The van der Waals surface area contributed by atoms with Crippen molar-refractivity contribution in [3.8, 4) is 21.8 Å². The maximum Gasteiger partial charge on any atom is 0.162 e. The van der Waals surface area contributed by atoms with E-state index in [9.17, 15) is 0 Å². The summed E-state index contributed by atoms with van der Waals surface area (Å²) in [6.45, 7) is 7.91. The standard InChI is InChI=1S/C27H30N4OS/c1-18(2)5-10-22-21(24-4-3-17-33-24)11-12-23-25(22)26(28)30-27(29-23)19-6-8-20(9-7-19)31-13-15-32-16-14-31/h3-4,6-9,11-12,17-18H,5,10,13-16H2,1-2H3,(H2,28,29,30). The normalized spacial score (nSPS) is 14.3. The van der Waals surface area contributed by atoms with E-state index in [1.165, 1.54) is 21.7 Å². The highest BCUT2D eigenvalue weighted by molar-refractivity contribution is 7.13. The number of thiophene rings is 1. The van der Waals surface area contributed by atoms with Gasteiger partial charge in [-0.1, -0.05) is 26.0 Å². The van der Waals surface area contributed by atoms with Crippen molar-refractivity contribution in [3.05, 3.63) is 59.5 Å². The molecule has 170 valence electrons. The minimum absolute atomic E-state index is 0.560. The summed E-state index contributed by atoms with van der Waals surface area (Å²) < 4.78 is 5.47. The van der Waals surface area contributed by atoms with Gasteiger partial charge in [0.1, 0.15) is 5.82 Å². The molecule has 0 amide bonds. The maximum absolute atomic E-state index is 6.60. The summed E-state index contributed by atoms with van der Waals surface area (Å²) in [7, 11) is 0. The number of nitrogens with zero attached hydrogens (tertiary/aromatic N) is 3. The number of aromatic nitrogens is 2. The van der Waals surface area contributed by atoms with Crippen LogP contribution in [0.2, 0.25) is 0 Å². The summed E-state index contributed by atoms with van der Waals surface area (Å²) in [5.74, 6) is 1.85. The van der Waals surface area contributed by atoms with Crippen LogP contribution in [0.5, 0.6) is 0 Å². The molecule has 6 heteroatoms. The first-order chi connectivity index (χ1) is 16.1. The van der Waals surface area contributed by atoms with Crippen LogP contribution in [0.3, 0.4) is 0 Å². The summed E-state index contributed by atoms with van der Waals surface area (Å²) in [6, 6.07) is 17.0. The van der Waals surface area contributed by atoms with Crippen LogP contribution in [0.15, 0.2) is 53.9 Å². The number of morpholine rings is 1. The molecule has 2 aromatic carbocycles. The molecule has 1 fully saturated rings. The number of nitrogen functional groups attached to an aromatic ring is 1. The highest BCUT2D eigenvalue weighted by atomic mass is 32.1. The van der Waals surface area contributed by atoms with Gasteiger partial charge in [-0.2, -0.15) is 0 Å². The Labute approximate surface area is 199 Å². The van der Waals surface area contributed by atoms with Gasteiger partial charge in [-0.05, 0) is 71.7 Å². The van der Waals surface area contributed by atoms with E-state index in [1.807, 2.05) is 0 Å². The fraction of sp³-hybridized carbons (Fsp3) is 0.333. The van der Waals surface area contributed by atoms with Crippen LogP contribution in [0.25, 0.3) is 32.7 Å². The monoisotopic (exact) mass is 458 g/mol. The van der Waals surface area contributed by atoms with Gasteiger partial charge in [0.05, 0.1) is 18.7 Å². The van der Waals surface area contributed by atoms with Gasteiger partial charge in [0.25, 0.3) is 0 Å². The Bertz CT molecular complexity index is 1230. The zero-order chi connectivity index (χ0) is 22.8. The Morgan fingerprint density at radius 2 is 1.82 bits per heavy atom. The van der Waals surface area contributed by atoms with Crippen LogP contribution in [0.4, 0.5) is 11.5 Å². The summed E-state index contributed by atoms with van der Waals surface area (Å²) >= 11 is 1.76. The molecular formula is C27H30N4OS. The molecule has 0 unspecified atom stereocenters. The predicted molar refractivity (Wildman–Crippen MR) is 139 cm³/mol. The molecule has 0 atom stereocenters. The van der Waals surface area contributed by atoms with Crippen LogP contribution < -0.4 is 10.6 Å². The molecular weight excluding hydrogens is 428 g/mol. The predicted octanol–water partition coefficient (Wildman–Crippen LogP) is 6.03. The van der Waals surface area contributed by atoms with Gasteiger partial charge in [-0.15, -0.1) is 11.3 Å². The molecule has 2 aromatic heterocycles. The van der Waals surface area contributed by atoms with Crippen LogP contribution >= 0.6 is 11.3 Å². The van der Waals surface area contributed by atoms with Crippen molar-refractivity contribution in [2.24, 2.45) is 5.92 Å². The van der Waals surface area contributed by atoms with Crippen LogP contribution in [-0.4, -0.2) is 36.3 Å². The number of anilines is 2. The van der Waals surface area contributed by atoms with E-state index in [2.05, 4.69) is 72.7 Å². The average Bonchev–Trinajstić information content (AvgIpc) is 3.37. The Hall–Kier alpha value is -2.96. The third-order valence-corrected chi connectivity index (χ3v) is 7.16. The largest absolute Gasteiger partial charge is 0.383 e. The number of hydrogen-bond donors (Lipinski definition) is 1. The molecule has 2 N–H and O–H groups in total. The molecule has 0 saturated carbocycles. The van der Waals surface area contributed by atoms with E-state index in [0.29, 0.717) is 17.6 Å². The summed E-state index contributed by atoms with van der Waals surface area (Å²) in [4.78, 5) is 13.3. The van der Waals surface area contributed by atoms with E-state index in [1.54, 1.807) is 11.3 Å². The zero-order valence-corrected chi connectivity index (χ0v) is 20.1. The van der Waals surface area contributed by atoms with Gasteiger partial charge in [0, 0.05) is 34.6 Å². The molecule has 1 saturated heterocycles. The third-order valence-electron chi connectivity index (χ3n) is 6.26. The second kappa shape index (κ2) is 9.49. The van der Waals surface area contributed by atoms with E-state index in [-0.39, 0.29) is 0 Å². The topological polar surface area (TPSA) is 64.3 Å². The van der Waals surface area contributed by atoms with Crippen molar-refractivity contribution in [3.63, 3.8) is 0 Å². The van der Waals surface area contributed by atoms with Gasteiger partial charge in [0.15, 0.2) is 5.82 Å². The van der Waals surface area contributed by atoms with E-state index in [0.717, 1.165) is 55.6 Å². The average molecular weight is 459 g/mol. The molecule has 0 spiro atoms. The van der Waals surface area contributed by atoms with Crippen molar-refractivity contribution in [2.45, 2.75) is 26.7 Å². The van der Waals surface area contributed by atoms with Crippen molar-refractivity contribution >= 4 is 33.7 Å². The van der Waals surface area contributed by atoms with E-state index < -0.39 is 0 Å². The fourth-order valence-corrected chi connectivity index (χ4v) is 5.23. The molecule has 0 aliphatic carbocycles. The number of nitrogens with two attached hydrogens (primary N) is 1. The molecule has 4 aromatic rings. The van der Waals surface area contributed by atoms with E-state index >= 15 is 0 Å². The van der Waals surface area contributed by atoms with Crippen LogP contribution in [0.1, 0.15) is 25.8 Å². The molecule has 5 rings (SSSR count). The number of fused-ring (bicyclic) bond motifs is 1. The first-order valence-corrected chi connectivity index (χ1v) is 12.5. The summed E-state index contributed by atoms with van der Waals surface area (Å²) in [5, 5.41) is 3.12. The lowest BCUT2D eigenvalue weighted by atomic mass is 9.94. The van der Waals surface area contributed by atoms with Gasteiger partial charge in [0.2, 0.25) is 0 Å². The SMILES string of the molecule is CC(C)CCc1c(-c2cccs2)ccc2nc(-c3ccc(N4CCOCC4)cc3)nc(N)c12. The highest BCUT2D eigenvalue weighted by Gasteiger charge is 2.17. The molecule has 3 heterocycles. The van der Waals surface area contributed by atoms with Crippen LogP contribution in [0, 0.1) is 5.92 Å². The highest BCUT2D eigenvalue weighted by Crippen LogP contribution is 2.36. The second-order valence-electron chi connectivity index (χ2n) is 8.97. The lowest BCUT2D eigenvalue weighted by Crippen LogP contribution is -2.36. The molecule has 1 aliphatic heterocycles. The van der Waals surface area contributed by atoms with E-state index in [4.69, 9.17) is 20.4 Å². The fourth-order valence-electron chi connectivity index (χ4n) is 4.45. The smallest absolute Gasteiger partial charge is 0.162 e. The quantitative estimate of drug-likeness (QED) is 0.382. The Morgan fingerprint density at radius 3 is 2.52 bits per heavy atom. The van der Waals surface area contributed by atoms with Crippen molar-refractivity contribution < 1.29 is 4.74 Å². The Morgan fingerprint density at radius 1 is 1.03 bits per heavy atom. The molecule has 0 radical (unpaired) electrons. The lowest BCUT2D eigenvalue weighted by Gasteiger charge is -2.28. The number of rotatable bonds is 6.